The molecule has 0 aromatic heterocycles. The number of hydrogen-bond donors (Lipinski definition) is 1. The van der Waals surface area contributed by atoms with Gasteiger partial charge in [-0.15, -0.1) is 0 Å². The van der Waals surface area contributed by atoms with Crippen LogP contribution in [0.1, 0.15) is 36.8 Å². The number of rotatable bonds is 3. The summed E-state index contributed by atoms with van der Waals surface area (Å²) in [6, 6.07) is 11.7. The van der Waals surface area contributed by atoms with Crippen LogP contribution in [0.5, 0.6) is 17.2 Å². The van der Waals surface area contributed by atoms with E-state index in [0.29, 0.717) is 16.7 Å². The van der Waals surface area contributed by atoms with Crippen molar-refractivity contribution in [2.24, 2.45) is 0 Å². The average molecular weight is 360 g/mol. The van der Waals surface area contributed by atoms with E-state index in [1.54, 1.807) is 13.2 Å². The van der Waals surface area contributed by atoms with Crippen LogP contribution in [0.25, 0.3) is 0 Å². The van der Waals surface area contributed by atoms with Crippen LogP contribution >= 0.6 is 11.6 Å². The molecule has 1 atom stereocenters. The second kappa shape index (κ2) is 6.43. The summed E-state index contributed by atoms with van der Waals surface area (Å²) < 4.78 is 18.1. The van der Waals surface area contributed by atoms with Gasteiger partial charge in [-0.25, -0.2) is 0 Å². The summed E-state index contributed by atoms with van der Waals surface area (Å²) in [4.78, 5) is 0. The number of halogens is 1. The molecule has 4 nitrogen and oxygen atoms in total. The van der Waals surface area contributed by atoms with Gasteiger partial charge in [-0.3, -0.25) is 0 Å². The second-order valence-electron chi connectivity index (χ2n) is 6.69. The highest BCUT2D eigenvalue weighted by molar-refractivity contribution is 6.30. The van der Waals surface area contributed by atoms with Crippen molar-refractivity contribution in [1.82, 2.24) is 5.32 Å². The third-order valence-corrected chi connectivity index (χ3v) is 5.28. The first kappa shape index (κ1) is 16.6. The van der Waals surface area contributed by atoms with Gasteiger partial charge in [0.25, 0.3) is 5.79 Å². The second-order valence-corrected chi connectivity index (χ2v) is 7.13. The molecular weight excluding hydrogens is 338 g/mol. The lowest BCUT2D eigenvalue weighted by Crippen LogP contribution is -2.32. The molecule has 2 aliphatic rings. The Morgan fingerprint density at radius 3 is 2.72 bits per heavy atom. The van der Waals surface area contributed by atoms with Crippen LogP contribution in [0.4, 0.5) is 0 Å². The molecule has 4 rings (SSSR count). The van der Waals surface area contributed by atoms with Crippen molar-refractivity contribution < 1.29 is 14.2 Å². The van der Waals surface area contributed by atoms with Gasteiger partial charge in [0.1, 0.15) is 5.75 Å². The fourth-order valence-corrected chi connectivity index (χ4v) is 3.91. The Labute approximate surface area is 153 Å². The number of ether oxygens (including phenoxy) is 3. The Morgan fingerprint density at radius 2 is 1.96 bits per heavy atom. The molecule has 1 saturated heterocycles. The number of para-hydroxylation sites is 1. The van der Waals surface area contributed by atoms with Crippen LogP contribution in [-0.2, 0) is 5.79 Å². The van der Waals surface area contributed by atoms with Gasteiger partial charge < -0.3 is 19.5 Å². The molecule has 0 saturated carbocycles. The molecule has 25 heavy (non-hydrogen) atoms. The zero-order chi connectivity index (χ0) is 17.4. The van der Waals surface area contributed by atoms with E-state index in [2.05, 4.69) is 11.4 Å². The molecule has 0 bridgehead atoms. The van der Waals surface area contributed by atoms with Crippen molar-refractivity contribution in [2.45, 2.75) is 31.5 Å². The van der Waals surface area contributed by atoms with Crippen molar-refractivity contribution in [3.05, 3.63) is 52.5 Å². The molecule has 0 aliphatic carbocycles. The summed E-state index contributed by atoms with van der Waals surface area (Å²) in [5.74, 6) is 1.87. The molecule has 1 N–H and O–H groups in total. The molecule has 5 heteroatoms. The van der Waals surface area contributed by atoms with Crippen LogP contribution in [-0.4, -0.2) is 20.2 Å². The minimum Gasteiger partial charge on any atom is -0.496 e. The van der Waals surface area contributed by atoms with Crippen LogP contribution in [0.2, 0.25) is 5.02 Å². The molecule has 132 valence electrons. The monoisotopic (exact) mass is 359 g/mol. The van der Waals surface area contributed by atoms with Gasteiger partial charge >= 0.3 is 0 Å². The molecule has 0 amide bonds. The highest BCUT2D eigenvalue weighted by Gasteiger charge is 2.42. The summed E-state index contributed by atoms with van der Waals surface area (Å²) in [6.07, 6.45) is 2.22. The van der Waals surface area contributed by atoms with Gasteiger partial charge in [-0.2, -0.15) is 0 Å². The number of piperidine rings is 1. The average Bonchev–Trinajstić information content (AvgIpc) is 2.99. The van der Waals surface area contributed by atoms with E-state index in [1.807, 2.05) is 31.2 Å². The third-order valence-electron chi connectivity index (χ3n) is 5.04. The largest absolute Gasteiger partial charge is 0.496 e. The first-order valence-electron chi connectivity index (χ1n) is 8.66. The Hall–Kier alpha value is -1.91. The summed E-state index contributed by atoms with van der Waals surface area (Å²) in [6.45, 7) is 4.00. The lowest BCUT2D eigenvalue weighted by Gasteiger charge is -2.27. The lowest BCUT2D eigenvalue weighted by molar-refractivity contribution is -0.0699. The minimum atomic E-state index is -0.929. The maximum Gasteiger partial charge on any atom is 0.279 e. The Kier molecular flexibility index (Phi) is 4.26. The summed E-state index contributed by atoms with van der Waals surface area (Å²) in [5.41, 5.74) is 2.06. The molecule has 2 heterocycles. The number of benzene rings is 2. The normalized spacial score (nSPS) is 22.8. The number of hydrogen-bond acceptors (Lipinski definition) is 4. The van der Waals surface area contributed by atoms with E-state index in [4.69, 9.17) is 25.8 Å². The third kappa shape index (κ3) is 2.94. The maximum absolute atomic E-state index is 6.38. The summed E-state index contributed by atoms with van der Waals surface area (Å²) in [7, 11) is 1.63. The summed E-state index contributed by atoms with van der Waals surface area (Å²) >= 11 is 6.10. The van der Waals surface area contributed by atoms with E-state index in [1.165, 1.54) is 5.56 Å². The fourth-order valence-electron chi connectivity index (χ4n) is 3.75. The molecule has 0 radical (unpaired) electrons. The minimum absolute atomic E-state index is 0.495. The van der Waals surface area contributed by atoms with Gasteiger partial charge in [0.05, 0.1) is 12.7 Å². The van der Waals surface area contributed by atoms with Gasteiger partial charge in [0.2, 0.25) is 0 Å². The maximum atomic E-state index is 6.38. The van der Waals surface area contributed by atoms with Crippen molar-refractivity contribution >= 4 is 11.6 Å². The highest BCUT2D eigenvalue weighted by atomic mass is 35.5. The van der Waals surface area contributed by atoms with E-state index >= 15 is 0 Å². The molecule has 2 aliphatic heterocycles. The highest BCUT2D eigenvalue weighted by Crippen LogP contribution is 2.50. The predicted octanol–water partition coefficient (Wildman–Crippen LogP) is 4.46. The van der Waals surface area contributed by atoms with E-state index in [9.17, 15) is 0 Å². The fraction of sp³-hybridized carbons (Fsp3) is 0.400. The first-order chi connectivity index (χ1) is 12.1. The predicted molar refractivity (Wildman–Crippen MR) is 97.9 cm³/mol. The van der Waals surface area contributed by atoms with Crippen molar-refractivity contribution in [3.63, 3.8) is 0 Å². The molecular formula is C20H22ClNO3. The van der Waals surface area contributed by atoms with Gasteiger partial charge in [0, 0.05) is 17.5 Å². The van der Waals surface area contributed by atoms with Crippen LogP contribution < -0.4 is 19.5 Å². The summed E-state index contributed by atoms with van der Waals surface area (Å²) in [5, 5.41) is 4.03. The number of fused-ring (bicyclic) bond motifs is 1. The van der Waals surface area contributed by atoms with Gasteiger partial charge in [-0.1, -0.05) is 23.7 Å². The Morgan fingerprint density at radius 1 is 1.16 bits per heavy atom. The lowest BCUT2D eigenvalue weighted by atomic mass is 9.89. The van der Waals surface area contributed by atoms with Crippen LogP contribution in [0.3, 0.4) is 0 Å². The Bertz CT molecular complexity index is 789. The van der Waals surface area contributed by atoms with E-state index in [0.717, 1.165) is 43.0 Å². The van der Waals surface area contributed by atoms with Crippen LogP contribution in [0.15, 0.2) is 36.4 Å². The van der Waals surface area contributed by atoms with Gasteiger partial charge in [-0.05, 0) is 56.1 Å². The van der Waals surface area contributed by atoms with Gasteiger partial charge in [0.15, 0.2) is 11.5 Å². The topological polar surface area (TPSA) is 39.7 Å². The zero-order valence-electron chi connectivity index (χ0n) is 14.5. The molecule has 1 unspecified atom stereocenters. The number of nitrogens with one attached hydrogen (secondary N) is 1. The molecule has 0 spiro atoms. The molecule has 2 aromatic rings. The standard InChI is InChI=1S/C20H22ClNO3/c1-20(16-7-6-14(21)12-18(16)23-2)24-17-5-3-4-15(19(17)25-20)13-8-10-22-11-9-13/h3-7,12-13,22H,8-11H2,1-2H3. The van der Waals surface area contributed by atoms with Crippen molar-refractivity contribution in [3.8, 4) is 17.2 Å². The molecule has 1 fully saturated rings. The SMILES string of the molecule is COc1cc(Cl)ccc1C1(C)Oc2cccc(C3CCNCC3)c2O1. The van der Waals surface area contributed by atoms with Crippen LogP contribution in [0, 0.1) is 0 Å². The van der Waals surface area contributed by atoms with Crippen molar-refractivity contribution in [2.75, 3.05) is 20.2 Å². The van der Waals surface area contributed by atoms with E-state index in [-0.39, 0.29) is 0 Å². The number of methoxy groups -OCH3 is 1. The van der Waals surface area contributed by atoms with Crippen molar-refractivity contribution in [1.29, 1.82) is 0 Å². The molecule has 2 aromatic carbocycles. The quantitative estimate of drug-likeness (QED) is 0.878. The first-order valence-corrected chi connectivity index (χ1v) is 9.04. The smallest absolute Gasteiger partial charge is 0.279 e. The Balaban J connectivity index is 1.71. The zero-order valence-corrected chi connectivity index (χ0v) is 15.2. The van der Waals surface area contributed by atoms with E-state index < -0.39 is 5.79 Å².